The minimum absolute atomic E-state index is 0.337. The highest BCUT2D eigenvalue weighted by Crippen LogP contribution is 2.50. The van der Waals surface area contributed by atoms with E-state index in [0.29, 0.717) is 12.9 Å². The van der Waals surface area contributed by atoms with Gasteiger partial charge in [0.05, 0.1) is 12.9 Å². The highest BCUT2D eigenvalue weighted by molar-refractivity contribution is 14.2. The Balaban J connectivity index is 4.20. The maximum absolute atomic E-state index is 12.0. The molecule has 1 N–H and O–H groups in total. The molecular weight excluding hydrogens is 330 g/mol. The van der Waals surface area contributed by atoms with Gasteiger partial charge in [-0.1, -0.05) is 0 Å². The Hall–Kier alpha value is 0.350. The van der Waals surface area contributed by atoms with Crippen LogP contribution in [0.5, 0.6) is 0 Å². The van der Waals surface area contributed by atoms with E-state index < -0.39 is 11.0 Å². The van der Waals surface area contributed by atoms with Gasteiger partial charge in [0.15, 0.2) is 0 Å². The van der Waals surface area contributed by atoms with E-state index in [0.717, 1.165) is 0 Å². The van der Waals surface area contributed by atoms with Gasteiger partial charge in [0.25, 0.3) is 0 Å². The monoisotopic (exact) mass is 348 g/mol. The van der Waals surface area contributed by atoms with Crippen LogP contribution in [0.3, 0.4) is 0 Å². The summed E-state index contributed by atoms with van der Waals surface area (Å²) >= 11 is 1.86. The SMILES string of the molecule is CCOC(=O)C(C)NP(=O)(I)CN(C)C. The Morgan fingerprint density at radius 3 is 2.53 bits per heavy atom. The molecule has 0 bridgehead atoms. The van der Waals surface area contributed by atoms with Crippen LogP contribution in [-0.4, -0.2) is 43.9 Å². The molecule has 0 amide bonds. The molecular formula is C8H18IN2O3P. The molecule has 0 heterocycles. The van der Waals surface area contributed by atoms with Gasteiger partial charge in [0.2, 0.25) is 4.94 Å². The fourth-order valence-corrected chi connectivity index (χ4v) is 5.59. The Morgan fingerprint density at radius 1 is 1.60 bits per heavy atom. The largest absolute Gasteiger partial charge is 0.465 e. The summed E-state index contributed by atoms with van der Waals surface area (Å²) in [5.74, 6) is -0.367. The first kappa shape index (κ1) is 15.3. The smallest absolute Gasteiger partial charge is 0.323 e. The lowest BCUT2D eigenvalue weighted by Crippen LogP contribution is -2.34. The van der Waals surface area contributed by atoms with Gasteiger partial charge in [-0.05, 0) is 27.9 Å². The van der Waals surface area contributed by atoms with E-state index in [4.69, 9.17) is 4.74 Å². The molecule has 0 saturated heterocycles. The second-order valence-electron chi connectivity index (χ2n) is 3.48. The molecule has 15 heavy (non-hydrogen) atoms. The van der Waals surface area contributed by atoms with Crippen LogP contribution in [0.15, 0.2) is 0 Å². The molecule has 0 radical (unpaired) electrons. The normalized spacial score (nSPS) is 17.2. The van der Waals surface area contributed by atoms with Crippen molar-refractivity contribution in [3.63, 3.8) is 0 Å². The van der Waals surface area contributed by atoms with Crippen LogP contribution in [0.2, 0.25) is 0 Å². The van der Waals surface area contributed by atoms with E-state index in [9.17, 15) is 9.36 Å². The second kappa shape index (κ2) is 6.83. The summed E-state index contributed by atoms with van der Waals surface area (Å²) in [7, 11) is 3.67. The molecule has 7 heteroatoms. The summed E-state index contributed by atoms with van der Waals surface area (Å²) < 4.78 is 16.8. The first-order valence-corrected chi connectivity index (χ1v) is 9.34. The van der Waals surface area contributed by atoms with Crippen molar-refractivity contribution in [3.05, 3.63) is 0 Å². The van der Waals surface area contributed by atoms with Crippen LogP contribution >= 0.6 is 27.0 Å². The Morgan fingerprint density at radius 2 is 2.13 bits per heavy atom. The number of carbonyl (C=O) groups is 1. The van der Waals surface area contributed by atoms with Crippen molar-refractivity contribution >= 4 is 32.9 Å². The van der Waals surface area contributed by atoms with E-state index in [2.05, 4.69) is 5.09 Å². The highest BCUT2D eigenvalue weighted by Gasteiger charge is 2.25. The fourth-order valence-electron chi connectivity index (χ4n) is 1.01. The minimum atomic E-state index is -2.54. The molecule has 0 aromatic carbocycles. The molecule has 0 aromatic heterocycles. The molecule has 0 fully saturated rings. The van der Waals surface area contributed by atoms with E-state index in [1.165, 1.54) is 0 Å². The lowest BCUT2D eigenvalue weighted by atomic mass is 10.4. The fraction of sp³-hybridized carbons (Fsp3) is 0.875. The molecule has 2 unspecified atom stereocenters. The Labute approximate surface area is 104 Å². The first-order valence-electron chi connectivity index (χ1n) is 4.66. The van der Waals surface area contributed by atoms with Crippen molar-refractivity contribution in [1.29, 1.82) is 0 Å². The number of hydrogen-bond acceptors (Lipinski definition) is 4. The summed E-state index contributed by atoms with van der Waals surface area (Å²) in [5.41, 5.74) is 0. The topological polar surface area (TPSA) is 58.6 Å². The maximum atomic E-state index is 12.0. The van der Waals surface area contributed by atoms with Crippen LogP contribution in [0.25, 0.3) is 0 Å². The van der Waals surface area contributed by atoms with Gasteiger partial charge in [-0.3, -0.25) is 9.36 Å². The van der Waals surface area contributed by atoms with Gasteiger partial charge in [-0.2, -0.15) is 0 Å². The first-order chi connectivity index (χ1) is 6.78. The summed E-state index contributed by atoms with van der Waals surface area (Å²) in [6, 6.07) is -0.535. The maximum Gasteiger partial charge on any atom is 0.323 e. The van der Waals surface area contributed by atoms with E-state index >= 15 is 0 Å². The Kier molecular flexibility index (Phi) is 6.99. The van der Waals surface area contributed by atoms with Crippen LogP contribution < -0.4 is 5.09 Å². The zero-order chi connectivity index (χ0) is 12.1. The molecule has 0 aromatic rings. The zero-order valence-electron chi connectivity index (χ0n) is 9.49. The number of carbonyl (C=O) groups excluding carboxylic acids is 1. The molecule has 0 aliphatic heterocycles. The van der Waals surface area contributed by atoms with E-state index in [1.807, 2.05) is 41.0 Å². The van der Waals surface area contributed by atoms with Gasteiger partial charge in [0.1, 0.15) is 6.04 Å². The number of rotatable bonds is 6. The van der Waals surface area contributed by atoms with Crippen molar-refractivity contribution in [3.8, 4) is 0 Å². The van der Waals surface area contributed by atoms with Crippen molar-refractivity contribution < 1.29 is 14.1 Å². The van der Waals surface area contributed by atoms with Crippen molar-refractivity contribution in [2.45, 2.75) is 19.9 Å². The molecule has 0 rings (SSSR count). The number of halogens is 1. The van der Waals surface area contributed by atoms with Crippen molar-refractivity contribution in [1.82, 2.24) is 9.99 Å². The van der Waals surface area contributed by atoms with Crippen LogP contribution in [0, 0.1) is 0 Å². The predicted octanol–water partition coefficient (Wildman–Crippen LogP) is 1.67. The number of nitrogens with one attached hydrogen (secondary N) is 1. The van der Waals surface area contributed by atoms with Gasteiger partial charge in [0, 0.05) is 22.0 Å². The van der Waals surface area contributed by atoms with E-state index in [1.54, 1.807) is 13.8 Å². The molecule has 90 valence electrons. The molecule has 0 saturated carbocycles. The van der Waals surface area contributed by atoms with Crippen LogP contribution in [0.1, 0.15) is 13.8 Å². The quantitative estimate of drug-likeness (QED) is 0.450. The standard InChI is InChI=1S/C8H18IN2O3P/c1-5-14-8(12)7(2)10-15(9,13)6-11(3)4/h7H,5-6H2,1-4H3,(H,10,13). The second-order valence-corrected chi connectivity index (χ2v) is 10.00. The molecule has 2 atom stereocenters. The van der Waals surface area contributed by atoms with E-state index in [-0.39, 0.29) is 5.97 Å². The summed E-state index contributed by atoms with van der Waals surface area (Å²) in [6.45, 7) is 3.73. The van der Waals surface area contributed by atoms with Crippen molar-refractivity contribution in [2.75, 3.05) is 27.0 Å². The molecule has 0 spiro atoms. The third-order valence-electron chi connectivity index (χ3n) is 1.49. The highest BCUT2D eigenvalue weighted by atomic mass is 127. The Bertz CT molecular complexity index is 260. The van der Waals surface area contributed by atoms with Gasteiger partial charge in [-0.15, -0.1) is 0 Å². The summed E-state index contributed by atoms with van der Waals surface area (Å²) in [4.78, 5) is 10.6. The molecule has 5 nitrogen and oxygen atoms in total. The zero-order valence-corrected chi connectivity index (χ0v) is 12.5. The predicted molar refractivity (Wildman–Crippen MR) is 69.4 cm³/mol. The number of nitrogens with zero attached hydrogens (tertiary/aromatic N) is 1. The van der Waals surface area contributed by atoms with Crippen LogP contribution in [0.4, 0.5) is 0 Å². The minimum Gasteiger partial charge on any atom is -0.465 e. The lowest BCUT2D eigenvalue weighted by molar-refractivity contribution is -0.144. The van der Waals surface area contributed by atoms with Crippen molar-refractivity contribution in [2.24, 2.45) is 0 Å². The average Bonchev–Trinajstić information content (AvgIpc) is 2.00. The number of esters is 1. The molecule has 0 aliphatic carbocycles. The average molecular weight is 348 g/mol. The lowest BCUT2D eigenvalue weighted by Gasteiger charge is -2.20. The van der Waals surface area contributed by atoms with Gasteiger partial charge < -0.3 is 9.64 Å². The van der Waals surface area contributed by atoms with Crippen LogP contribution in [-0.2, 0) is 14.1 Å². The third kappa shape index (κ3) is 7.27. The number of ether oxygens (including phenoxy) is 1. The third-order valence-corrected chi connectivity index (χ3v) is 4.94. The summed E-state index contributed by atoms with van der Waals surface area (Å²) in [6.07, 6.45) is 0.414. The number of hydrogen-bond donors (Lipinski definition) is 1. The molecule has 0 aliphatic rings. The summed E-state index contributed by atoms with van der Waals surface area (Å²) in [5, 5.41) is 2.80. The van der Waals surface area contributed by atoms with Gasteiger partial charge in [-0.25, -0.2) is 5.09 Å². The van der Waals surface area contributed by atoms with Gasteiger partial charge >= 0.3 is 5.97 Å².